The third-order valence-electron chi connectivity index (χ3n) is 4.55. The van der Waals surface area contributed by atoms with Crippen molar-refractivity contribution in [3.8, 4) is 0 Å². The summed E-state index contributed by atoms with van der Waals surface area (Å²) in [6.07, 6.45) is 2.30. The fourth-order valence-electron chi connectivity index (χ4n) is 3.38. The molecule has 20 heavy (non-hydrogen) atoms. The van der Waals surface area contributed by atoms with Gasteiger partial charge in [0, 0.05) is 19.2 Å². The highest BCUT2D eigenvalue weighted by atomic mass is 16.5. The van der Waals surface area contributed by atoms with Crippen LogP contribution in [0.25, 0.3) is 0 Å². The summed E-state index contributed by atoms with van der Waals surface area (Å²) in [7, 11) is 1.61. The third-order valence-corrected chi connectivity index (χ3v) is 4.55. The summed E-state index contributed by atoms with van der Waals surface area (Å²) < 4.78 is 5.13. The van der Waals surface area contributed by atoms with Crippen LogP contribution in [-0.2, 0) is 9.53 Å². The molecule has 2 bridgehead atoms. The number of rotatable bonds is 5. The van der Waals surface area contributed by atoms with Gasteiger partial charge < -0.3 is 20.1 Å². The molecule has 2 amide bonds. The van der Waals surface area contributed by atoms with Crippen molar-refractivity contribution in [3.63, 3.8) is 0 Å². The van der Waals surface area contributed by atoms with Crippen LogP contribution in [0.2, 0.25) is 0 Å². The largest absolute Gasteiger partial charge is 0.481 e. The molecule has 2 N–H and O–H groups in total. The van der Waals surface area contributed by atoms with Crippen LogP contribution in [-0.4, -0.2) is 53.8 Å². The second-order valence-corrected chi connectivity index (χ2v) is 6.14. The lowest BCUT2D eigenvalue weighted by Gasteiger charge is -2.28. The summed E-state index contributed by atoms with van der Waals surface area (Å²) in [6, 6.07) is -0.253. The minimum absolute atomic E-state index is 0.0456. The van der Waals surface area contributed by atoms with Gasteiger partial charge in [-0.15, -0.1) is 0 Å². The molecular weight excluding hydrogens is 260 g/mol. The Bertz CT molecular complexity index is 385. The van der Waals surface area contributed by atoms with Crippen molar-refractivity contribution < 1.29 is 19.4 Å². The molecule has 6 nitrogen and oxygen atoms in total. The second-order valence-electron chi connectivity index (χ2n) is 6.14. The van der Waals surface area contributed by atoms with E-state index in [1.807, 2.05) is 13.8 Å². The lowest BCUT2D eigenvalue weighted by atomic mass is 9.89. The number of nitrogens with one attached hydrogen (secondary N) is 1. The first-order valence-corrected chi connectivity index (χ1v) is 7.26. The Balaban J connectivity index is 2.01. The van der Waals surface area contributed by atoms with Gasteiger partial charge in [-0.25, -0.2) is 4.79 Å². The average molecular weight is 284 g/mol. The van der Waals surface area contributed by atoms with Gasteiger partial charge in [-0.3, -0.25) is 4.79 Å². The molecule has 0 radical (unpaired) electrons. The molecule has 0 saturated carbocycles. The maximum atomic E-state index is 12.4. The van der Waals surface area contributed by atoms with Gasteiger partial charge >= 0.3 is 12.0 Å². The number of carboxylic acids is 1. The normalized spacial score (nSPS) is 29.8. The number of fused-ring (bicyclic) bond motifs is 2. The Morgan fingerprint density at radius 2 is 2.10 bits per heavy atom. The van der Waals surface area contributed by atoms with Crippen LogP contribution >= 0.6 is 0 Å². The van der Waals surface area contributed by atoms with E-state index in [0.29, 0.717) is 13.0 Å². The van der Waals surface area contributed by atoms with Crippen molar-refractivity contribution in [2.75, 3.05) is 13.7 Å². The standard InChI is InChI=1S/C14H24N2O4/c1-8(2)11(7-20-3)15-14(19)16-9-4-5-12(16)10(6-9)13(17)18/h8-12H,4-7H2,1-3H3,(H,15,19)(H,17,18). The fraction of sp³-hybridized carbons (Fsp3) is 0.857. The van der Waals surface area contributed by atoms with Crippen LogP contribution in [0.5, 0.6) is 0 Å². The van der Waals surface area contributed by atoms with E-state index < -0.39 is 11.9 Å². The number of ether oxygens (including phenoxy) is 1. The number of methoxy groups -OCH3 is 1. The molecule has 0 aromatic carbocycles. The number of carbonyl (C=O) groups is 2. The average Bonchev–Trinajstić information content (AvgIpc) is 2.95. The van der Waals surface area contributed by atoms with E-state index in [1.54, 1.807) is 12.0 Å². The summed E-state index contributed by atoms with van der Waals surface area (Å²) >= 11 is 0. The van der Waals surface area contributed by atoms with Gasteiger partial charge in [0.25, 0.3) is 0 Å². The van der Waals surface area contributed by atoms with Crippen LogP contribution in [0.15, 0.2) is 0 Å². The number of nitrogens with zero attached hydrogens (tertiary/aromatic N) is 1. The Hall–Kier alpha value is -1.30. The van der Waals surface area contributed by atoms with Gasteiger partial charge in [-0.05, 0) is 25.2 Å². The molecule has 6 heteroatoms. The maximum Gasteiger partial charge on any atom is 0.318 e. The van der Waals surface area contributed by atoms with Gasteiger partial charge in [0.1, 0.15) is 0 Å². The maximum absolute atomic E-state index is 12.4. The molecule has 0 spiro atoms. The number of aliphatic carboxylic acids is 1. The molecule has 114 valence electrons. The van der Waals surface area contributed by atoms with Crippen molar-refractivity contribution in [1.29, 1.82) is 0 Å². The molecule has 4 unspecified atom stereocenters. The summed E-state index contributed by atoms with van der Waals surface area (Å²) in [5, 5.41) is 12.2. The van der Waals surface area contributed by atoms with Crippen LogP contribution < -0.4 is 5.32 Å². The van der Waals surface area contributed by atoms with Crippen molar-refractivity contribution in [2.24, 2.45) is 11.8 Å². The Labute approximate surface area is 119 Å². The Morgan fingerprint density at radius 3 is 2.60 bits per heavy atom. The van der Waals surface area contributed by atoms with Crippen LogP contribution in [0.4, 0.5) is 4.79 Å². The predicted molar refractivity (Wildman–Crippen MR) is 73.4 cm³/mol. The first-order chi connectivity index (χ1) is 9.45. The SMILES string of the molecule is COCC(NC(=O)N1C2CCC1C(C(=O)O)C2)C(C)C. The summed E-state index contributed by atoms with van der Waals surface area (Å²) in [5.74, 6) is -0.916. The highest BCUT2D eigenvalue weighted by Gasteiger charge is 2.51. The van der Waals surface area contributed by atoms with E-state index in [2.05, 4.69) is 5.32 Å². The Morgan fingerprint density at radius 1 is 1.40 bits per heavy atom. The smallest absolute Gasteiger partial charge is 0.318 e. The van der Waals surface area contributed by atoms with Crippen molar-refractivity contribution in [1.82, 2.24) is 10.2 Å². The van der Waals surface area contributed by atoms with E-state index in [-0.39, 0.29) is 30.1 Å². The van der Waals surface area contributed by atoms with Gasteiger partial charge in [0.15, 0.2) is 0 Å². The number of hydrogen-bond donors (Lipinski definition) is 2. The first kappa shape index (κ1) is 15.1. The highest BCUT2D eigenvalue weighted by Crippen LogP contribution is 2.41. The van der Waals surface area contributed by atoms with E-state index in [4.69, 9.17) is 4.74 Å². The summed E-state index contributed by atoms with van der Waals surface area (Å²) in [5.41, 5.74) is 0. The lowest BCUT2D eigenvalue weighted by Crippen LogP contribution is -2.50. The molecule has 2 rings (SSSR count). The summed E-state index contributed by atoms with van der Waals surface area (Å²) in [4.78, 5) is 25.4. The minimum atomic E-state index is -0.785. The topological polar surface area (TPSA) is 78.9 Å². The molecule has 0 aliphatic carbocycles. The minimum Gasteiger partial charge on any atom is -0.481 e. The molecule has 2 heterocycles. The Kier molecular flexibility index (Phi) is 4.52. The highest BCUT2D eigenvalue weighted by molar-refractivity contribution is 5.79. The van der Waals surface area contributed by atoms with Gasteiger partial charge in [-0.1, -0.05) is 13.8 Å². The molecule has 2 saturated heterocycles. The third kappa shape index (κ3) is 2.75. The molecule has 0 aromatic rings. The molecule has 4 atom stereocenters. The van der Waals surface area contributed by atoms with E-state index in [0.717, 1.165) is 12.8 Å². The van der Waals surface area contributed by atoms with Crippen molar-refractivity contribution >= 4 is 12.0 Å². The molecule has 2 fully saturated rings. The lowest BCUT2D eigenvalue weighted by molar-refractivity contribution is -0.142. The van der Waals surface area contributed by atoms with Gasteiger partial charge in [0.05, 0.1) is 18.6 Å². The molecule has 0 aromatic heterocycles. The molecular formula is C14H24N2O4. The van der Waals surface area contributed by atoms with E-state index in [9.17, 15) is 14.7 Å². The van der Waals surface area contributed by atoms with Crippen LogP contribution in [0, 0.1) is 11.8 Å². The predicted octanol–water partition coefficient (Wildman–Crippen LogP) is 1.30. The number of carboxylic acid groups (broad SMARTS) is 1. The van der Waals surface area contributed by atoms with Gasteiger partial charge in [0.2, 0.25) is 0 Å². The second kappa shape index (κ2) is 5.99. The fourth-order valence-corrected chi connectivity index (χ4v) is 3.38. The van der Waals surface area contributed by atoms with Crippen molar-refractivity contribution in [2.45, 2.75) is 51.2 Å². The first-order valence-electron chi connectivity index (χ1n) is 7.26. The van der Waals surface area contributed by atoms with Crippen LogP contribution in [0.3, 0.4) is 0 Å². The van der Waals surface area contributed by atoms with E-state index in [1.165, 1.54) is 0 Å². The van der Waals surface area contributed by atoms with Crippen molar-refractivity contribution in [3.05, 3.63) is 0 Å². The zero-order valence-electron chi connectivity index (χ0n) is 12.3. The zero-order chi connectivity index (χ0) is 14.9. The number of hydrogen-bond acceptors (Lipinski definition) is 3. The van der Waals surface area contributed by atoms with Gasteiger partial charge in [-0.2, -0.15) is 0 Å². The van der Waals surface area contributed by atoms with Crippen LogP contribution in [0.1, 0.15) is 33.1 Å². The molecule has 2 aliphatic heterocycles. The number of amides is 2. The monoisotopic (exact) mass is 284 g/mol. The number of carbonyl (C=O) groups excluding carboxylic acids is 1. The molecule has 2 aliphatic rings. The summed E-state index contributed by atoms with van der Waals surface area (Å²) in [6.45, 7) is 4.53. The number of urea groups is 1. The quantitative estimate of drug-likeness (QED) is 0.797. The zero-order valence-corrected chi connectivity index (χ0v) is 12.3. The van der Waals surface area contributed by atoms with E-state index >= 15 is 0 Å².